The number of hydrogen-bond acceptors (Lipinski definition) is 1. The number of anilines is 3. The Morgan fingerprint density at radius 2 is 0.833 bits per heavy atom. The highest BCUT2D eigenvalue weighted by Gasteiger charge is 2.37. The molecule has 0 fully saturated rings. The van der Waals surface area contributed by atoms with E-state index in [1.165, 1.54) is 99.4 Å². The van der Waals surface area contributed by atoms with Gasteiger partial charge in [0.2, 0.25) is 0 Å². The second-order valence-corrected chi connectivity index (χ2v) is 18.0. The summed E-state index contributed by atoms with van der Waals surface area (Å²) in [4.78, 5) is 2.48. The zero-order chi connectivity index (χ0) is 44.2. The van der Waals surface area contributed by atoms with E-state index in [0.29, 0.717) is 0 Å². The zero-order valence-corrected chi connectivity index (χ0v) is 37.1. The lowest BCUT2D eigenvalue weighted by Crippen LogP contribution is -2.16. The highest BCUT2D eigenvalue weighted by Crippen LogP contribution is 2.53. The van der Waals surface area contributed by atoms with Gasteiger partial charge in [-0.25, -0.2) is 0 Å². The summed E-state index contributed by atoms with van der Waals surface area (Å²) in [6.45, 7) is 4.76. The van der Waals surface area contributed by atoms with Crippen LogP contribution in [-0.2, 0) is 5.41 Å². The van der Waals surface area contributed by atoms with Crippen molar-refractivity contribution in [2.75, 3.05) is 4.90 Å². The predicted molar refractivity (Wildman–Crippen MR) is 281 cm³/mol. The fraction of sp³-hybridized carbons (Fsp3) is 0.0462. The van der Waals surface area contributed by atoms with Gasteiger partial charge in [-0.05, 0) is 130 Å². The van der Waals surface area contributed by atoms with Crippen LogP contribution in [0.1, 0.15) is 25.0 Å². The SMILES string of the molecule is CC1(C)c2ccccc2-c2cccc(-c3cccc(N(c4ccc(-c5cc6ccccc6c6ccccc56)cc4)c4cccc(-c5ccccc5)c4-c4ccccc4-c4ccccc4)c3)c21. The predicted octanol–water partition coefficient (Wildman–Crippen LogP) is 18.1. The Hall–Kier alpha value is -8.26. The Morgan fingerprint density at radius 3 is 1.61 bits per heavy atom. The molecule has 1 aliphatic rings. The summed E-state index contributed by atoms with van der Waals surface area (Å²) in [6.07, 6.45) is 0. The fourth-order valence-electron chi connectivity index (χ4n) is 10.8. The van der Waals surface area contributed by atoms with Crippen molar-refractivity contribution in [2.24, 2.45) is 0 Å². The third-order valence-electron chi connectivity index (χ3n) is 13.8. The lowest BCUT2D eigenvalue weighted by atomic mass is 9.79. The molecule has 0 N–H and O–H groups in total. The minimum Gasteiger partial charge on any atom is -0.310 e. The number of benzene rings is 11. The van der Waals surface area contributed by atoms with E-state index in [4.69, 9.17) is 0 Å². The molecule has 0 spiro atoms. The van der Waals surface area contributed by atoms with Gasteiger partial charge in [0.25, 0.3) is 0 Å². The quantitative estimate of drug-likeness (QED) is 0.138. The average Bonchev–Trinajstić information content (AvgIpc) is 3.62. The van der Waals surface area contributed by atoms with Crippen LogP contribution in [0.15, 0.2) is 249 Å². The first-order valence-corrected chi connectivity index (χ1v) is 23.0. The lowest BCUT2D eigenvalue weighted by Gasteiger charge is -2.31. The number of hydrogen-bond donors (Lipinski definition) is 0. The molecule has 1 heteroatoms. The summed E-state index contributed by atoms with van der Waals surface area (Å²) >= 11 is 0. The highest BCUT2D eigenvalue weighted by molar-refractivity contribution is 6.14. The van der Waals surface area contributed by atoms with Gasteiger partial charge in [-0.3, -0.25) is 0 Å². The molecule has 0 aromatic heterocycles. The van der Waals surface area contributed by atoms with Crippen molar-refractivity contribution in [3.05, 3.63) is 260 Å². The molecule has 1 nitrogen and oxygen atoms in total. The Morgan fingerprint density at radius 1 is 0.303 bits per heavy atom. The Labute approximate surface area is 387 Å². The lowest BCUT2D eigenvalue weighted by molar-refractivity contribution is 0.662. The summed E-state index contributed by atoms with van der Waals surface area (Å²) < 4.78 is 0. The van der Waals surface area contributed by atoms with E-state index in [9.17, 15) is 0 Å². The molecule has 312 valence electrons. The van der Waals surface area contributed by atoms with Gasteiger partial charge in [-0.2, -0.15) is 0 Å². The molecule has 0 amide bonds. The molecule has 0 radical (unpaired) electrons. The number of nitrogens with zero attached hydrogens (tertiary/aromatic N) is 1. The Balaban J connectivity index is 1.10. The molecule has 11 aromatic carbocycles. The van der Waals surface area contributed by atoms with Gasteiger partial charge in [0.1, 0.15) is 0 Å². The van der Waals surface area contributed by atoms with Crippen LogP contribution in [0.4, 0.5) is 17.1 Å². The summed E-state index contributed by atoms with van der Waals surface area (Å²) in [5, 5.41) is 5.04. The van der Waals surface area contributed by atoms with Crippen molar-refractivity contribution in [2.45, 2.75) is 19.3 Å². The van der Waals surface area contributed by atoms with Crippen LogP contribution in [0.3, 0.4) is 0 Å². The van der Waals surface area contributed by atoms with Gasteiger partial charge in [-0.1, -0.05) is 226 Å². The minimum atomic E-state index is -0.153. The second-order valence-electron chi connectivity index (χ2n) is 18.0. The molecule has 0 bridgehead atoms. The van der Waals surface area contributed by atoms with E-state index in [2.05, 4.69) is 267 Å². The molecule has 1 aliphatic carbocycles. The zero-order valence-electron chi connectivity index (χ0n) is 37.1. The first-order chi connectivity index (χ1) is 32.5. The van der Waals surface area contributed by atoms with E-state index < -0.39 is 0 Å². The van der Waals surface area contributed by atoms with Crippen LogP contribution in [0.5, 0.6) is 0 Å². The first-order valence-electron chi connectivity index (χ1n) is 23.0. The average molecular weight is 842 g/mol. The standard InChI is InChI=1S/C65H47N/c1-65(2)61-36-16-15-31-57(61)59-35-18-34-54(64(59)65)47-25-17-26-50(42-47)66(49-40-38-46(39-41-49)60-43-48-24-9-10-28-52(48)55-29-12-13-30-56(55)60)62-37-19-33-53(45-22-7-4-8-23-45)63(62)58-32-14-11-27-51(58)44-20-5-3-6-21-44/h3-43H,1-2H3. The highest BCUT2D eigenvalue weighted by atomic mass is 15.1. The summed E-state index contributed by atoms with van der Waals surface area (Å²) in [6, 6.07) is 91.5. The van der Waals surface area contributed by atoms with Gasteiger partial charge in [-0.15, -0.1) is 0 Å². The molecule has 0 saturated carbocycles. The molecule has 0 unspecified atom stereocenters. The van der Waals surface area contributed by atoms with E-state index in [1.54, 1.807) is 0 Å². The van der Waals surface area contributed by atoms with Crippen molar-refractivity contribution in [3.8, 4) is 66.8 Å². The summed E-state index contributed by atoms with van der Waals surface area (Å²) in [5.74, 6) is 0. The number of fused-ring (bicyclic) bond motifs is 6. The molecule has 0 aliphatic heterocycles. The van der Waals surface area contributed by atoms with Crippen LogP contribution in [-0.4, -0.2) is 0 Å². The van der Waals surface area contributed by atoms with Crippen LogP contribution in [0.2, 0.25) is 0 Å². The van der Waals surface area contributed by atoms with Gasteiger partial charge >= 0.3 is 0 Å². The molecule has 66 heavy (non-hydrogen) atoms. The maximum Gasteiger partial charge on any atom is 0.0546 e. The second kappa shape index (κ2) is 16.1. The Kier molecular flexibility index (Phi) is 9.58. The molecule has 11 aromatic rings. The molecular formula is C65H47N. The van der Waals surface area contributed by atoms with Crippen molar-refractivity contribution in [1.29, 1.82) is 0 Å². The van der Waals surface area contributed by atoms with E-state index in [1.807, 2.05) is 0 Å². The maximum absolute atomic E-state index is 2.48. The van der Waals surface area contributed by atoms with E-state index in [-0.39, 0.29) is 5.41 Å². The summed E-state index contributed by atoms with van der Waals surface area (Å²) in [7, 11) is 0. The van der Waals surface area contributed by atoms with Crippen LogP contribution < -0.4 is 4.90 Å². The molecule has 0 heterocycles. The smallest absolute Gasteiger partial charge is 0.0546 e. The first kappa shape index (κ1) is 39.3. The number of rotatable bonds is 8. The molecular weight excluding hydrogens is 795 g/mol. The van der Waals surface area contributed by atoms with Gasteiger partial charge < -0.3 is 4.90 Å². The molecule has 12 rings (SSSR count). The third-order valence-corrected chi connectivity index (χ3v) is 13.8. The summed E-state index contributed by atoms with van der Waals surface area (Å²) in [5.41, 5.74) is 20.5. The van der Waals surface area contributed by atoms with Crippen molar-refractivity contribution in [1.82, 2.24) is 0 Å². The van der Waals surface area contributed by atoms with Crippen LogP contribution in [0.25, 0.3) is 88.3 Å². The van der Waals surface area contributed by atoms with Gasteiger partial charge in [0.15, 0.2) is 0 Å². The van der Waals surface area contributed by atoms with E-state index >= 15 is 0 Å². The fourth-order valence-corrected chi connectivity index (χ4v) is 10.8. The van der Waals surface area contributed by atoms with Crippen molar-refractivity contribution in [3.63, 3.8) is 0 Å². The van der Waals surface area contributed by atoms with Gasteiger partial charge in [0, 0.05) is 22.4 Å². The topological polar surface area (TPSA) is 3.24 Å². The monoisotopic (exact) mass is 841 g/mol. The third kappa shape index (κ3) is 6.55. The minimum absolute atomic E-state index is 0.153. The normalized spacial score (nSPS) is 12.5. The van der Waals surface area contributed by atoms with E-state index in [0.717, 1.165) is 17.1 Å². The largest absolute Gasteiger partial charge is 0.310 e. The van der Waals surface area contributed by atoms with Crippen LogP contribution in [0, 0.1) is 0 Å². The van der Waals surface area contributed by atoms with Crippen molar-refractivity contribution >= 4 is 38.6 Å². The molecule has 0 atom stereocenters. The van der Waals surface area contributed by atoms with Crippen molar-refractivity contribution < 1.29 is 0 Å². The van der Waals surface area contributed by atoms with Gasteiger partial charge in [0.05, 0.1) is 5.69 Å². The molecule has 0 saturated heterocycles. The Bertz CT molecular complexity index is 3600. The van der Waals surface area contributed by atoms with Crippen LogP contribution >= 0.6 is 0 Å². The maximum atomic E-state index is 2.48.